The Morgan fingerprint density at radius 2 is 1.15 bits per heavy atom. The lowest BCUT2D eigenvalue weighted by molar-refractivity contribution is 0.223. The van der Waals surface area contributed by atoms with Crippen LogP contribution < -0.4 is 14.2 Å². The van der Waals surface area contributed by atoms with Gasteiger partial charge in [0.05, 0.1) is 12.1 Å². The molecule has 0 bridgehead atoms. The van der Waals surface area contributed by atoms with E-state index in [1.807, 2.05) is 60.7 Å². The number of likely N-dealkylation sites (N-methyl/N-ethyl adjacent to an activating group) is 1. The maximum absolute atomic E-state index is 6.87. The second-order valence-corrected chi connectivity index (χ2v) is 15.9. The maximum Gasteiger partial charge on any atom is 0.119 e. The Balaban J connectivity index is 0.000000185. The number of fused-ring (bicyclic) bond motifs is 1. The highest BCUT2D eigenvalue weighted by molar-refractivity contribution is 6.53. The van der Waals surface area contributed by atoms with Crippen molar-refractivity contribution in [2.75, 3.05) is 59.6 Å². The number of methoxy groups -OCH3 is 1. The molecule has 0 amide bonds. The van der Waals surface area contributed by atoms with E-state index in [-0.39, 0.29) is 0 Å². The first-order chi connectivity index (χ1) is 30.0. The Bertz CT molecular complexity index is 2320. The lowest BCUT2D eigenvalue weighted by Gasteiger charge is -2.25. The molecule has 0 unspecified atom stereocenters. The molecule has 8 rings (SSSR count). The fourth-order valence-corrected chi connectivity index (χ4v) is 8.62. The molecule has 0 atom stereocenters. The van der Waals surface area contributed by atoms with Gasteiger partial charge in [-0.25, -0.2) is 0 Å². The van der Waals surface area contributed by atoms with Crippen LogP contribution in [0.15, 0.2) is 158 Å². The molecule has 0 N–H and O–H groups in total. The molecule has 1 saturated heterocycles. The number of hydrogen-bond acceptors (Lipinski definition) is 5. The van der Waals surface area contributed by atoms with E-state index in [1.54, 1.807) is 7.11 Å². The smallest absolute Gasteiger partial charge is 0.119 e. The topological polar surface area (TPSA) is 34.2 Å². The van der Waals surface area contributed by atoms with Gasteiger partial charge in [0.15, 0.2) is 0 Å². The first-order valence-electron chi connectivity index (χ1n) is 21.9. The monoisotopic (exact) mass is 830 g/mol. The van der Waals surface area contributed by atoms with Gasteiger partial charge in [-0.15, -0.1) is 0 Å². The summed E-state index contributed by atoms with van der Waals surface area (Å²) in [4.78, 5) is 4.84. The summed E-state index contributed by atoms with van der Waals surface area (Å²) in [5.41, 5.74) is 12.1. The minimum absolute atomic E-state index is 0.688. The standard InChI is InChI=1S/C29H31NO2.C26H28ClNO/c1-31-26-14-16-28-24(21-26)11-15-27(22-7-3-2-4-8-22)29(28)23-9-12-25(13-10-23)32-20-19-30-17-5-6-18-30;1-3-28(4-2)19-20-29-24-17-15-22(16-18-24)25(21-11-7-5-8-12-21)26(27)23-13-9-6-10-14-23/h2-4,7-10,12-14,16,21H,5-6,11,15,17-20H2,1H3;5-18H,3-4,19-20H2,1-2H3/b;26-25+. The molecule has 1 heterocycles. The van der Waals surface area contributed by atoms with Crippen LogP contribution in [0, 0.1) is 0 Å². The highest BCUT2D eigenvalue weighted by Gasteiger charge is 2.22. The van der Waals surface area contributed by atoms with E-state index in [0.717, 1.165) is 90.2 Å². The third-order valence-electron chi connectivity index (χ3n) is 11.7. The number of hydrogen-bond donors (Lipinski definition) is 0. The molecule has 6 aromatic carbocycles. The molecule has 1 aliphatic carbocycles. The summed E-state index contributed by atoms with van der Waals surface area (Å²) in [5, 5.41) is 0.743. The van der Waals surface area contributed by atoms with Gasteiger partial charge in [0, 0.05) is 18.7 Å². The van der Waals surface area contributed by atoms with Gasteiger partial charge in [-0.3, -0.25) is 4.90 Å². The van der Waals surface area contributed by atoms with Crippen LogP contribution in [0.5, 0.6) is 17.2 Å². The summed E-state index contributed by atoms with van der Waals surface area (Å²) in [6.45, 7) is 12.2. The highest BCUT2D eigenvalue weighted by Crippen LogP contribution is 2.42. The Morgan fingerprint density at radius 1 is 0.590 bits per heavy atom. The predicted molar refractivity (Wildman–Crippen MR) is 256 cm³/mol. The maximum atomic E-state index is 6.87. The third-order valence-corrected chi connectivity index (χ3v) is 12.1. The number of likely N-dealkylation sites (tertiary alicyclic amines) is 1. The second kappa shape index (κ2) is 22.3. The Labute approximate surface area is 368 Å². The lowest BCUT2D eigenvalue weighted by atomic mass is 9.79. The zero-order valence-corrected chi connectivity index (χ0v) is 36.7. The number of nitrogens with zero attached hydrogens (tertiary/aromatic N) is 2. The molecule has 1 fully saturated rings. The molecule has 6 heteroatoms. The molecule has 1 aliphatic heterocycles. The number of rotatable bonds is 16. The van der Waals surface area contributed by atoms with E-state index in [4.69, 9.17) is 25.8 Å². The molecule has 314 valence electrons. The van der Waals surface area contributed by atoms with Gasteiger partial charge >= 0.3 is 0 Å². The SMILES string of the molecule is CCN(CC)CCOc1ccc(/C(=C(/Cl)c2ccccc2)c2ccccc2)cc1.COc1ccc2c(c1)CCC(c1ccccc1)=C2c1ccc(OCCN2CCCC2)cc1. The van der Waals surface area contributed by atoms with Crippen molar-refractivity contribution in [3.05, 3.63) is 197 Å². The van der Waals surface area contributed by atoms with Crippen LogP contribution in [-0.2, 0) is 6.42 Å². The van der Waals surface area contributed by atoms with Crippen molar-refractivity contribution < 1.29 is 14.2 Å². The van der Waals surface area contributed by atoms with Crippen LogP contribution in [0.3, 0.4) is 0 Å². The molecule has 0 radical (unpaired) electrons. The Kier molecular flexibility index (Phi) is 15.9. The number of allylic oxidation sites excluding steroid dienone is 1. The van der Waals surface area contributed by atoms with Crippen molar-refractivity contribution in [2.24, 2.45) is 0 Å². The van der Waals surface area contributed by atoms with Crippen molar-refractivity contribution >= 4 is 33.4 Å². The number of ether oxygens (including phenoxy) is 3. The average molecular weight is 832 g/mol. The molecule has 5 nitrogen and oxygen atoms in total. The molecule has 0 aromatic heterocycles. The molecule has 61 heavy (non-hydrogen) atoms. The third kappa shape index (κ3) is 11.6. The van der Waals surface area contributed by atoms with E-state index >= 15 is 0 Å². The fraction of sp³-hybridized carbons (Fsp3) is 0.273. The summed E-state index contributed by atoms with van der Waals surface area (Å²) < 4.78 is 17.5. The first-order valence-corrected chi connectivity index (χ1v) is 22.3. The van der Waals surface area contributed by atoms with Crippen LogP contribution in [0.2, 0.25) is 0 Å². The summed E-state index contributed by atoms with van der Waals surface area (Å²) in [5.74, 6) is 2.75. The van der Waals surface area contributed by atoms with Crippen molar-refractivity contribution in [2.45, 2.75) is 39.5 Å². The van der Waals surface area contributed by atoms with Crippen LogP contribution in [0.4, 0.5) is 0 Å². The zero-order chi connectivity index (χ0) is 42.2. The van der Waals surface area contributed by atoms with Crippen LogP contribution in [0.25, 0.3) is 21.8 Å². The Morgan fingerprint density at radius 3 is 1.77 bits per heavy atom. The molecular formula is C55H59ClN2O3. The number of halogens is 1. The van der Waals surface area contributed by atoms with Crippen LogP contribution >= 0.6 is 11.6 Å². The van der Waals surface area contributed by atoms with E-state index in [2.05, 4.69) is 121 Å². The van der Waals surface area contributed by atoms with Crippen molar-refractivity contribution in [1.29, 1.82) is 0 Å². The fourth-order valence-electron chi connectivity index (χ4n) is 8.27. The van der Waals surface area contributed by atoms with Crippen LogP contribution in [-0.4, -0.2) is 69.4 Å². The predicted octanol–water partition coefficient (Wildman–Crippen LogP) is 12.6. The van der Waals surface area contributed by atoms with Crippen molar-refractivity contribution in [1.82, 2.24) is 9.80 Å². The minimum atomic E-state index is 0.688. The lowest BCUT2D eigenvalue weighted by Crippen LogP contribution is -2.27. The number of aryl methyl sites for hydroxylation is 1. The highest BCUT2D eigenvalue weighted by atomic mass is 35.5. The van der Waals surface area contributed by atoms with E-state index in [1.165, 1.54) is 59.3 Å². The van der Waals surface area contributed by atoms with E-state index in [0.29, 0.717) is 6.61 Å². The van der Waals surface area contributed by atoms with Gasteiger partial charge in [0.2, 0.25) is 0 Å². The van der Waals surface area contributed by atoms with Gasteiger partial charge in [0.25, 0.3) is 0 Å². The van der Waals surface area contributed by atoms with E-state index in [9.17, 15) is 0 Å². The van der Waals surface area contributed by atoms with Crippen molar-refractivity contribution in [3.8, 4) is 17.2 Å². The normalized spacial score (nSPS) is 14.2. The van der Waals surface area contributed by atoms with Gasteiger partial charge in [-0.05, 0) is 138 Å². The molecular weight excluding hydrogens is 772 g/mol. The van der Waals surface area contributed by atoms with E-state index < -0.39 is 0 Å². The summed E-state index contributed by atoms with van der Waals surface area (Å²) in [7, 11) is 1.74. The quantitative estimate of drug-likeness (QED) is 0.0908. The average Bonchev–Trinajstić information content (AvgIpc) is 3.85. The first kappa shape index (κ1) is 43.5. The van der Waals surface area contributed by atoms with Gasteiger partial charge in [-0.2, -0.15) is 0 Å². The molecule has 6 aromatic rings. The van der Waals surface area contributed by atoms with Gasteiger partial charge < -0.3 is 19.1 Å². The van der Waals surface area contributed by atoms with Gasteiger partial charge in [-0.1, -0.05) is 147 Å². The van der Waals surface area contributed by atoms with Crippen molar-refractivity contribution in [3.63, 3.8) is 0 Å². The van der Waals surface area contributed by atoms with Gasteiger partial charge in [0.1, 0.15) is 30.5 Å². The summed E-state index contributed by atoms with van der Waals surface area (Å²) in [6, 6.07) is 54.5. The summed E-state index contributed by atoms with van der Waals surface area (Å²) in [6.07, 6.45) is 4.69. The summed E-state index contributed by atoms with van der Waals surface area (Å²) >= 11 is 6.87. The molecule has 2 aliphatic rings. The molecule has 0 spiro atoms. The number of benzene rings is 6. The van der Waals surface area contributed by atoms with Crippen LogP contribution in [0.1, 0.15) is 72.1 Å². The minimum Gasteiger partial charge on any atom is -0.497 e. The molecule has 0 saturated carbocycles. The zero-order valence-electron chi connectivity index (χ0n) is 36.0. The Hall–Kier alpha value is -5.59. The largest absolute Gasteiger partial charge is 0.497 e. The second-order valence-electron chi connectivity index (χ2n) is 15.5.